The van der Waals surface area contributed by atoms with Crippen LogP contribution in [0.2, 0.25) is 0 Å². The summed E-state index contributed by atoms with van der Waals surface area (Å²) in [4.78, 5) is 16.8. The fourth-order valence-electron chi connectivity index (χ4n) is 3.71. The van der Waals surface area contributed by atoms with Gasteiger partial charge in [0.15, 0.2) is 0 Å². The van der Waals surface area contributed by atoms with Crippen LogP contribution in [0.25, 0.3) is 10.8 Å². The Balaban J connectivity index is 1.45. The summed E-state index contributed by atoms with van der Waals surface area (Å²) in [5, 5.41) is 5.18. The molecule has 5 nitrogen and oxygen atoms in total. The van der Waals surface area contributed by atoms with E-state index in [1.54, 1.807) is 11.9 Å². The highest BCUT2D eigenvalue weighted by Crippen LogP contribution is 2.33. The van der Waals surface area contributed by atoms with Crippen LogP contribution in [0.4, 0.5) is 16.2 Å². The molecular formula is C23H25N3O2. The number of fused-ring (bicyclic) bond motifs is 2. The second-order valence-electron chi connectivity index (χ2n) is 7.08. The number of hydrogen-bond acceptors (Lipinski definition) is 3. The maximum absolute atomic E-state index is 12.8. The average molecular weight is 375 g/mol. The Labute approximate surface area is 165 Å². The third-order valence-electron chi connectivity index (χ3n) is 5.16. The first-order chi connectivity index (χ1) is 13.7. The number of nitrogens with one attached hydrogen (secondary N) is 1. The molecule has 3 aromatic carbocycles. The van der Waals surface area contributed by atoms with E-state index < -0.39 is 0 Å². The van der Waals surface area contributed by atoms with E-state index >= 15 is 0 Å². The molecule has 0 bridgehead atoms. The van der Waals surface area contributed by atoms with E-state index in [0.717, 1.165) is 41.0 Å². The molecule has 28 heavy (non-hydrogen) atoms. The molecule has 0 radical (unpaired) electrons. The standard InChI is InChI=1S/C23H25N3O2/c1-3-26-16-18(28-22-14-7-6-13-21(22)26)15-25(2)23(27)24-20-12-8-10-17-9-4-5-11-19(17)20/h4-14,18H,3,15-16H2,1-2H3,(H,24,27)/t18-/m0/s1. The van der Waals surface area contributed by atoms with E-state index in [2.05, 4.69) is 23.2 Å². The lowest BCUT2D eigenvalue weighted by Gasteiger charge is -2.37. The van der Waals surface area contributed by atoms with Gasteiger partial charge in [-0.15, -0.1) is 0 Å². The SMILES string of the molecule is CCN1C[C@H](CN(C)C(=O)Nc2cccc3ccccc23)Oc2ccccc21. The molecule has 1 N–H and O–H groups in total. The summed E-state index contributed by atoms with van der Waals surface area (Å²) >= 11 is 0. The molecule has 1 aliphatic rings. The predicted octanol–water partition coefficient (Wildman–Crippen LogP) is 4.59. The van der Waals surface area contributed by atoms with Crippen molar-refractivity contribution in [1.29, 1.82) is 0 Å². The number of ether oxygens (including phenoxy) is 1. The van der Waals surface area contributed by atoms with Gasteiger partial charge < -0.3 is 19.9 Å². The summed E-state index contributed by atoms with van der Waals surface area (Å²) in [5.41, 5.74) is 1.93. The van der Waals surface area contributed by atoms with Crippen molar-refractivity contribution in [3.8, 4) is 5.75 Å². The van der Waals surface area contributed by atoms with Gasteiger partial charge in [0.2, 0.25) is 0 Å². The number of hydrogen-bond donors (Lipinski definition) is 1. The van der Waals surface area contributed by atoms with Gasteiger partial charge in [0, 0.05) is 19.0 Å². The second-order valence-corrected chi connectivity index (χ2v) is 7.08. The zero-order chi connectivity index (χ0) is 19.5. The summed E-state index contributed by atoms with van der Waals surface area (Å²) in [6.07, 6.45) is -0.0712. The molecule has 5 heteroatoms. The smallest absolute Gasteiger partial charge is 0.321 e. The topological polar surface area (TPSA) is 44.8 Å². The Bertz CT molecular complexity index is 983. The van der Waals surface area contributed by atoms with Crippen LogP contribution < -0.4 is 15.0 Å². The van der Waals surface area contributed by atoms with Crippen molar-refractivity contribution in [2.24, 2.45) is 0 Å². The molecule has 0 fully saturated rings. The van der Waals surface area contributed by atoms with Crippen LogP contribution in [0, 0.1) is 0 Å². The first-order valence-electron chi connectivity index (χ1n) is 9.66. The quantitative estimate of drug-likeness (QED) is 0.725. The highest BCUT2D eigenvalue weighted by molar-refractivity contribution is 6.01. The number of para-hydroxylation sites is 2. The Morgan fingerprint density at radius 3 is 2.71 bits per heavy atom. The van der Waals surface area contributed by atoms with E-state index in [4.69, 9.17) is 4.74 Å². The van der Waals surface area contributed by atoms with Gasteiger partial charge >= 0.3 is 6.03 Å². The number of rotatable bonds is 4. The second kappa shape index (κ2) is 7.80. The first kappa shape index (κ1) is 18.2. The van der Waals surface area contributed by atoms with Crippen LogP contribution in [0.5, 0.6) is 5.75 Å². The lowest BCUT2D eigenvalue weighted by Crippen LogP contribution is -2.47. The van der Waals surface area contributed by atoms with Gasteiger partial charge in [-0.1, -0.05) is 48.5 Å². The fourth-order valence-corrected chi connectivity index (χ4v) is 3.71. The van der Waals surface area contributed by atoms with E-state index in [9.17, 15) is 4.79 Å². The van der Waals surface area contributed by atoms with E-state index in [0.29, 0.717) is 6.54 Å². The number of urea groups is 1. The maximum Gasteiger partial charge on any atom is 0.321 e. The predicted molar refractivity (Wildman–Crippen MR) is 114 cm³/mol. The lowest BCUT2D eigenvalue weighted by atomic mass is 10.1. The Hall–Kier alpha value is -3.21. The third-order valence-corrected chi connectivity index (χ3v) is 5.16. The molecule has 0 aliphatic carbocycles. The van der Waals surface area contributed by atoms with Gasteiger partial charge in [0.1, 0.15) is 11.9 Å². The molecule has 1 heterocycles. The van der Waals surface area contributed by atoms with Crippen LogP contribution in [-0.2, 0) is 0 Å². The van der Waals surface area contributed by atoms with Gasteiger partial charge in [-0.2, -0.15) is 0 Å². The molecule has 3 aromatic rings. The molecular weight excluding hydrogens is 350 g/mol. The van der Waals surface area contributed by atoms with Gasteiger partial charge in [0.05, 0.1) is 24.5 Å². The highest BCUT2D eigenvalue weighted by Gasteiger charge is 2.26. The van der Waals surface area contributed by atoms with Crippen LogP contribution in [0.1, 0.15) is 6.92 Å². The van der Waals surface area contributed by atoms with Crippen molar-refractivity contribution < 1.29 is 9.53 Å². The number of benzene rings is 3. The van der Waals surface area contributed by atoms with Crippen molar-refractivity contribution in [3.63, 3.8) is 0 Å². The van der Waals surface area contributed by atoms with Crippen LogP contribution in [0.15, 0.2) is 66.7 Å². The fraction of sp³-hybridized carbons (Fsp3) is 0.261. The summed E-state index contributed by atoms with van der Waals surface area (Å²) in [6.45, 7) is 4.32. The van der Waals surface area contributed by atoms with Crippen molar-refractivity contribution in [1.82, 2.24) is 4.90 Å². The number of anilines is 2. The van der Waals surface area contributed by atoms with Gasteiger partial charge in [-0.3, -0.25) is 0 Å². The molecule has 0 unspecified atom stereocenters. The molecule has 0 aromatic heterocycles. The number of carbonyl (C=O) groups is 1. The normalized spacial score (nSPS) is 15.6. The lowest BCUT2D eigenvalue weighted by molar-refractivity contribution is 0.150. The summed E-state index contributed by atoms with van der Waals surface area (Å²) in [6, 6.07) is 21.9. The Morgan fingerprint density at radius 2 is 1.86 bits per heavy atom. The van der Waals surface area contributed by atoms with Gasteiger partial charge in [-0.25, -0.2) is 4.79 Å². The van der Waals surface area contributed by atoms with Crippen LogP contribution in [0.3, 0.4) is 0 Å². The Morgan fingerprint density at radius 1 is 1.11 bits per heavy atom. The molecule has 144 valence electrons. The highest BCUT2D eigenvalue weighted by atomic mass is 16.5. The summed E-state index contributed by atoms with van der Waals surface area (Å²) in [7, 11) is 1.81. The van der Waals surface area contributed by atoms with Gasteiger partial charge in [-0.05, 0) is 30.5 Å². The molecule has 1 aliphatic heterocycles. The minimum atomic E-state index is -0.137. The van der Waals surface area contributed by atoms with Crippen molar-refractivity contribution in [2.45, 2.75) is 13.0 Å². The third kappa shape index (κ3) is 3.60. The number of amides is 2. The molecule has 4 rings (SSSR count). The summed E-state index contributed by atoms with van der Waals surface area (Å²) in [5.74, 6) is 0.878. The minimum absolute atomic E-state index is 0.0712. The van der Waals surface area contributed by atoms with Crippen molar-refractivity contribution in [3.05, 3.63) is 66.7 Å². The average Bonchev–Trinajstić information content (AvgIpc) is 2.73. The number of likely N-dealkylation sites (N-methyl/N-ethyl adjacent to an activating group) is 2. The van der Waals surface area contributed by atoms with E-state index in [1.807, 2.05) is 60.7 Å². The molecule has 1 atom stereocenters. The van der Waals surface area contributed by atoms with Crippen molar-refractivity contribution >= 4 is 28.2 Å². The Kier molecular flexibility index (Phi) is 5.06. The molecule has 0 spiro atoms. The van der Waals surface area contributed by atoms with Crippen molar-refractivity contribution in [2.75, 3.05) is 36.9 Å². The minimum Gasteiger partial charge on any atom is -0.485 e. The van der Waals surface area contributed by atoms with E-state index in [1.165, 1.54) is 0 Å². The van der Waals surface area contributed by atoms with Gasteiger partial charge in [0.25, 0.3) is 0 Å². The summed E-state index contributed by atoms with van der Waals surface area (Å²) < 4.78 is 6.14. The zero-order valence-electron chi connectivity index (χ0n) is 16.3. The largest absolute Gasteiger partial charge is 0.485 e. The number of carbonyl (C=O) groups excluding carboxylic acids is 1. The van der Waals surface area contributed by atoms with E-state index in [-0.39, 0.29) is 12.1 Å². The zero-order valence-corrected chi connectivity index (χ0v) is 16.3. The monoisotopic (exact) mass is 375 g/mol. The van der Waals surface area contributed by atoms with Crippen LogP contribution >= 0.6 is 0 Å². The maximum atomic E-state index is 12.8. The van der Waals surface area contributed by atoms with Crippen LogP contribution in [-0.4, -0.2) is 43.7 Å². The first-order valence-corrected chi connectivity index (χ1v) is 9.66. The molecule has 0 saturated carbocycles. The molecule has 2 amide bonds. The molecule has 0 saturated heterocycles. The number of nitrogens with zero attached hydrogens (tertiary/aromatic N) is 2.